The number of fused-ring (bicyclic) bond motifs is 10. The molecule has 8 aromatic carbocycles. The van der Waals surface area contributed by atoms with Crippen LogP contribution in [0.2, 0.25) is 0 Å². The number of nitrogens with zero attached hydrogens (tertiary/aromatic N) is 3. The molecule has 0 saturated carbocycles. The smallest absolute Gasteiger partial charge is 0.159 e. The van der Waals surface area contributed by atoms with Gasteiger partial charge in [-0.3, -0.25) is 0 Å². The molecule has 268 valence electrons. The van der Waals surface area contributed by atoms with Gasteiger partial charge < -0.3 is 18.7 Å². The minimum absolute atomic E-state index is 0.367. The lowest BCUT2D eigenvalue weighted by molar-refractivity contribution is 0.661. The van der Waals surface area contributed by atoms with Crippen LogP contribution >= 0.6 is 0 Å². The van der Waals surface area contributed by atoms with Gasteiger partial charge in [0.25, 0.3) is 0 Å². The van der Waals surface area contributed by atoms with Gasteiger partial charge in [0.05, 0.1) is 16.4 Å². The SMILES string of the molecule is c1ccc(C2=NC(c3ccc4oc5c(cc(-c6ccccc6)c6oc7cc(-n8c9ccccc9c9ccccc98)ccc7c65)c4c3)NC(c3ccccc3)=N2)cc1. The molecule has 0 radical (unpaired) electrons. The average molecular weight is 733 g/mol. The molecule has 1 aliphatic heterocycles. The van der Waals surface area contributed by atoms with Gasteiger partial charge >= 0.3 is 0 Å². The van der Waals surface area contributed by atoms with Gasteiger partial charge in [-0.2, -0.15) is 0 Å². The van der Waals surface area contributed by atoms with Crippen molar-refractivity contribution < 1.29 is 8.83 Å². The van der Waals surface area contributed by atoms with Crippen LogP contribution in [0.5, 0.6) is 0 Å². The summed E-state index contributed by atoms with van der Waals surface area (Å²) in [6, 6.07) is 63.1. The van der Waals surface area contributed by atoms with E-state index >= 15 is 0 Å². The van der Waals surface area contributed by atoms with Gasteiger partial charge in [0, 0.05) is 55.4 Å². The predicted molar refractivity (Wildman–Crippen MR) is 233 cm³/mol. The van der Waals surface area contributed by atoms with E-state index in [2.05, 4.69) is 149 Å². The summed E-state index contributed by atoms with van der Waals surface area (Å²) in [6.07, 6.45) is -0.367. The van der Waals surface area contributed by atoms with E-state index in [1.165, 1.54) is 10.8 Å². The van der Waals surface area contributed by atoms with Crippen LogP contribution in [-0.4, -0.2) is 16.2 Å². The molecule has 1 N–H and O–H groups in total. The molecule has 0 spiro atoms. The van der Waals surface area contributed by atoms with Crippen molar-refractivity contribution >= 4 is 77.4 Å². The van der Waals surface area contributed by atoms with Crippen LogP contribution in [0.25, 0.3) is 82.5 Å². The first-order valence-corrected chi connectivity index (χ1v) is 19.2. The zero-order valence-electron chi connectivity index (χ0n) is 30.6. The summed E-state index contributed by atoms with van der Waals surface area (Å²) < 4.78 is 16.1. The number of amidine groups is 2. The van der Waals surface area contributed by atoms with Crippen LogP contribution in [0.4, 0.5) is 0 Å². The summed E-state index contributed by atoms with van der Waals surface area (Å²) in [5.41, 5.74) is 11.6. The molecule has 57 heavy (non-hydrogen) atoms. The van der Waals surface area contributed by atoms with Gasteiger partial charge in [0.1, 0.15) is 34.3 Å². The lowest BCUT2D eigenvalue weighted by atomic mass is 9.98. The first-order chi connectivity index (χ1) is 28.2. The van der Waals surface area contributed by atoms with E-state index in [1.807, 2.05) is 42.5 Å². The Morgan fingerprint density at radius 1 is 0.474 bits per heavy atom. The summed E-state index contributed by atoms with van der Waals surface area (Å²) >= 11 is 0. The van der Waals surface area contributed by atoms with Crippen molar-refractivity contribution in [1.82, 2.24) is 9.88 Å². The van der Waals surface area contributed by atoms with Crippen molar-refractivity contribution in [2.75, 3.05) is 0 Å². The summed E-state index contributed by atoms with van der Waals surface area (Å²) in [5.74, 6) is 1.47. The fourth-order valence-corrected chi connectivity index (χ4v) is 8.59. The van der Waals surface area contributed by atoms with Gasteiger partial charge in [0.2, 0.25) is 0 Å². The third kappa shape index (κ3) is 4.97. The number of benzene rings is 8. The highest BCUT2D eigenvalue weighted by Crippen LogP contribution is 2.45. The molecule has 1 unspecified atom stereocenters. The minimum atomic E-state index is -0.367. The zero-order chi connectivity index (χ0) is 37.5. The standard InChI is InChI=1S/C51H32N4O2/c1-4-14-31(15-5-1)39-30-41-40-28-34(51-53-49(32-16-6-2-7-17-32)52-50(54-51)33-18-8-3-9-19-33)24-27-44(40)56-48(41)46-38-26-25-35(29-45(38)57-47(39)46)55-42-22-12-10-20-36(42)37-21-11-13-23-43(37)55/h1-30,51H,(H,52,53,54). The summed E-state index contributed by atoms with van der Waals surface area (Å²) in [6.45, 7) is 0. The average Bonchev–Trinajstić information content (AvgIpc) is 3.96. The molecule has 0 saturated heterocycles. The van der Waals surface area contributed by atoms with Gasteiger partial charge in [-0.25, -0.2) is 9.98 Å². The Hall–Kier alpha value is -7.70. The van der Waals surface area contributed by atoms with Gasteiger partial charge in [0.15, 0.2) is 5.84 Å². The van der Waals surface area contributed by atoms with Gasteiger partial charge in [-0.15, -0.1) is 0 Å². The van der Waals surface area contributed by atoms with Crippen LogP contribution in [-0.2, 0) is 0 Å². The van der Waals surface area contributed by atoms with E-state index in [1.54, 1.807) is 0 Å². The van der Waals surface area contributed by atoms with Crippen LogP contribution in [0, 0.1) is 0 Å². The van der Waals surface area contributed by atoms with Crippen molar-refractivity contribution in [2.24, 2.45) is 9.98 Å². The molecule has 0 amide bonds. The Labute approximate surface area is 326 Å². The molecular weight excluding hydrogens is 701 g/mol. The van der Waals surface area contributed by atoms with E-state index in [4.69, 9.17) is 18.8 Å². The number of aliphatic imine (C=N–C) groups is 2. The van der Waals surface area contributed by atoms with Crippen molar-refractivity contribution in [3.05, 3.63) is 199 Å². The molecule has 6 heteroatoms. The Morgan fingerprint density at radius 2 is 1.11 bits per heavy atom. The fraction of sp³-hybridized carbons (Fsp3) is 0.0196. The molecule has 6 nitrogen and oxygen atoms in total. The quantitative estimate of drug-likeness (QED) is 0.192. The second kappa shape index (κ2) is 12.4. The largest absolute Gasteiger partial charge is 0.455 e. The van der Waals surface area contributed by atoms with E-state index < -0.39 is 0 Å². The summed E-state index contributed by atoms with van der Waals surface area (Å²) in [4.78, 5) is 10.1. The molecule has 3 aromatic heterocycles. The minimum Gasteiger partial charge on any atom is -0.455 e. The molecule has 0 fully saturated rings. The Bertz CT molecular complexity index is 3380. The number of para-hydroxylation sites is 2. The monoisotopic (exact) mass is 732 g/mol. The van der Waals surface area contributed by atoms with Crippen LogP contribution in [0.3, 0.4) is 0 Å². The van der Waals surface area contributed by atoms with Crippen LogP contribution < -0.4 is 5.32 Å². The highest BCUT2D eigenvalue weighted by molar-refractivity contribution is 6.25. The van der Waals surface area contributed by atoms with Crippen molar-refractivity contribution in [2.45, 2.75) is 6.17 Å². The predicted octanol–water partition coefficient (Wildman–Crippen LogP) is 12.7. The first kappa shape index (κ1) is 31.6. The number of hydrogen-bond donors (Lipinski definition) is 1. The molecule has 4 heterocycles. The number of nitrogens with one attached hydrogen (secondary N) is 1. The van der Waals surface area contributed by atoms with Gasteiger partial charge in [-0.05, 0) is 53.6 Å². The molecule has 0 aliphatic carbocycles. The zero-order valence-corrected chi connectivity index (χ0v) is 30.6. The fourth-order valence-electron chi connectivity index (χ4n) is 8.59. The highest BCUT2D eigenvalue weighted by Gasteiger charge is 2.25. The van der Waals surface area contributed by atoms with E-state index in [-0.39, 0.29) is 6.17 Å². The van der Waals surface area contributed by atoms with E-state index in [0.29, 0.717) is 5.84 Å². The number of furan rings is 2. The Morgan fingerprint density at radius 3 is 1.82 bits per heavy atom. The third-order valence-corrected chi connectivity index (χ3v) is 11.2. The molecule has 12 rings (SSSR count). The topological polar surface area (TPSA) is 68.0 Å². The summed E-state index contributed by atoms with van der Waals surface area (Å²) in [7, 11) is 0. The third-order valence-electron chi connectivity index (χ3n) is 11.2. The molecule has 1 atom stereocenters. The van der Waals surface area contributed by atoms with E-state index in [9.17, 15) is 0 Å². The number of hydrogen-bond acceptors (Lipinski definition) is 5. The maximum absolute atomic E-state index is 6.92. The second-order valence-electron chi connectivity index (χ2n) is 14.6. The Balaban J connectivity index is 1.06. The summed E-state index contributed by atoms with van der Waals surface area (Å²) in [5, 5.41) is 10.1. The lowest BCUT2D eigenvalue weighted by Crippen LogP contribution is -2.33. The van der Waals surface area contributed by atoms with Crippen molar-refractivity contribution in [3.63, 3.8) is 0 Å². The maximum atomic E-state index is 6.92. The van der Waals surface area contributed by atoms with Crippen LogP contribution in [0.1, 0.15) is 22.9 Å². The number of rotatable bonds is 5. The second-order valence-corrected chi connectivity index (χ2v) is 14.6. The molecule has 1 aliphatic rings. The number of aromatic nitrogens is 1. The lowest BCUT2D eigenvalue weighted by Gasteiger charge is -2.23. The molecule has 0 bridgehead atoms. The molecule has 11 aromatic rings. The van der Waals surface area contributed by atoms with Gasteiger partial charge in [-0.1, -0.05) is 133 Å². The molecular formula is C51H32N4O2. The van der Waals surface area contributed by atoms with Crippen LogP contribution in [0.15, 0.2) is 201 Å². The normalized spacial score (nSPS) is 14.5. The highest BCUT2D eigenvalue weighted by atomic mass is 16.3. The van der Waals surface area contributed by atoms with Crippen molar-refractivity contribution in [3.8, 4) is 16.8 Å². The Kier molecular flexibility index (Phi) is 6.89. The van der Waals surface area contributed by atoms with E-state index in [0.717, 1.165) is 94.3 Å². The van der Waals surface area contributed by atoms with Crippen molar-refractivity contribution in [1.29, 1.82) is 0 Å². The first-order valence-electron chi connectivity index (χ1n) is 19.2. The maximum Gasteiger partial charge on any atom is 0.159 e.